The molecule has 5 amide bonds. The van der Waals surface area contributed by atoms with Crippen LogP contribution >= 0.6 is 0 Å². The molecule has 320 valence electrons. The van der Waals surface area contributed by atoms with Crippen LogP contribution in [0.4, 0.5) is 9.59 Å². The smallest absolute Gasteiger partial charge is 0.407 e. The Morgan fingerprint density at radius 3 is 2.03 bits per heavy atom. The highest BCUT2D eigenvalue weighted by atomic mass is 16.5. The van der Waals surface area contributed by atoms with Crippen LogP contribution in [0.3, 0.4) is 0 Å². The fraction of sp³-hybridized carbons (Fsp3) is 0.438. The van der Waals surface area contributed by atoms with E-state index in [1.54, 1.807) is 16.0 Å². The Morgan fingerprint density at radius 2 is 1.42 bits per heavy atom. The molecule has 12 heteroatoms. The summed E-state index contributed by atoms with van der Waals surface area (Å²) in [6.07, 6.45) is 0.570. The lowest BCUT2D eigenvalue weighted by molar-refractivity contribution is -0.131. The summed E-state index contributed by atoms with van der Waals surface area (Å²) in [5.41, 5.74) is 4.38. The fourth-order valence-corrected chi connectivity index (χ4v) is 7.81. The van der Waals surface area contributed by atoms with Crippen LogP contribution in [0.15, 0.2) is 103 Å². The molecule has 0 saturated carbocycles. The summed E-state index contributed by atoms with van der Waals surface area (Å²) < 4.78 is 4.85. The first-order valence-corrected chi connectivity index (χ1v) is 20.7. The van der Waals surface area contributed by atoms with Crippen molar-refractivity contribution in [2.75, 3.05) is 20.2 Å². The predicted molar refractivity (Wildman–Crippen MR) is 234 cm³/mol. The van der Waals surface area contributed by atoms with Crippen LogP contribution < -0.4 is 16.0 Å². The van der Waals surface area contributed by atoms with E-state index in [2.05, 4.69) is 20.9 Å². The van der Waals surface area contributed by atoms with Crippen molar-refractivity contribution < 1.29 is 29.0 Å². The van der Waals surface area contributed by atoms with Gasteiger partial charge in [-0.2, -0.15) is 0 Å². The maximum absolute atomic E-state index is 14.6. The van der Waals surface area contributed by atoms with Crippen molar-refractivity contribution in [2.24, 2.45) is 10.8 Å². The number of benzene rings is 3. The van der Waals surface area contributed by atoms with Gasteiger partial charge in [0.15, 0.2) is 0 Å². The Hall–Kier alpha value is -5.75. The quantitative estimate of drug-likeness (QED) is 0.0984. The van der Waals surface area contributed by atoms with Crippen molar-refractivity contribution in [3.05, 3.63) is 126 Å². The molecule has 0 radical (unpaired) electrons. The average molecular weight is 819 g/mol. The van der Waals surface area contributed by atoms with Gasteiger partial charge in [-0.15, -0.1) is 0 Å². The van der Waals surface area contributed by atoms with E-state index < -0.39 is 53.1 Å². The number of hydrogen-bond acceptors (Lipinski definition) is 7. The third-order valence-electron chi connectivity index (χ3n) is 11.1. The monoisotopic (exact) mass is 818 g/mol. The minimum Gasteiger partial charge on any atom is -0.453 e. The second kappa shape index (κ2) is 20.0. The number of carbonyl (C=O) groups excluding carboxylic acids is 4. The second-order valence-corrected chi connectivity index (χ2v) is 18.0. The van der Waals surface area contributed by atoms with Crippen molar-refractivity contribution in [3.8, 4) is 11.3 Å². The number of alkyl carbamates (subject to hydrolysis) is 1. The minimum atomic E-state index is -1.14. The van der Waals surface area contributed by atoms with Crippen LogP contribution in [0.1, 0.15) is 70.2 Å². The van der Waals surface area contributed by atoms with Gasteiger partial charge in [0.2, 0.25) is 11.8 Å². The third kappa shape index (κ3) is 12.2. The highest BCUT2D eigenvalue weighted by Gasteiger charge is 2.44. The zero-order chi connectivity index (χ0) is 43.6. The lowest BCUT2D eigenvalue weighted by atomic mass is 9.84. The molecule has 60 heavy (non-hydrogen) atoms. The third-order valence-corrected chi connectivity index (χ3v) is 11.1. The van der Waals surface area contributed by atoms with Gasteiger partial charge in [0.25, 0.3) is 0 Å². The molecule has 0 spiro atoms. The van der Waals surface area contributed by atoms with Gasteiger partial charge in [-0.1, -0.05) is 126 Å². The number of nitrogens with zero attached hydrogens (tertiary/aromatic N) is 3. The van der Waals surface area contributed by atoms with E-state index in [9.17, 15) is 24.3 Å². The molecule has 1 aliphatic rings. The van der Waals surface area contributed by atoms with Crippen LogP contribution in [0, 0.1) is 17.8 Å². The molecule has 0 bridgehead atoms. The number of pyridine rings is 1. The lowest BCUT2D eigenvalue weighted by Crippen LogP contribution is -2.59. The summed E-state index contributed by atoms with van der Waals surface area (Å²) in [6, 6.07) is 27.8. The zero-order valence-electron chi connectivity index (χ0n) is 36.3. The number of rotatable bonds is 16. The van der Waals surface area contributed by atoms with Gasteiger partial charge >= 0.3 is 12.1 Å². The topological polar surface area (TPSA) is 153 Å². The fourth-order valence-electron chi connectivity index (χ4n) is 7.81. The molecule has 1 aromatic heterocycles. The SMILES string of the molecule is COC(=O)NC(C(=O)N[C@@H](Cc1ccc(-c2ccccn2)cc1)C[C@H](O)[C@H](Cc1ccccc1)NC(=O)C(N1CCN(Cc2ccccc2C)C1=O)C(C)(C)C)C(C)(C)C. The molecule has 2 heterocycles. The van der Waals surface area contributed by atoms with E-state index >= 15 is 0 Å². The van der Waals surface area contributed by atoms with Gasteiger partial charge in [-0.3, -0.25) is 14.6 Å². The van der Waals surface area contributed by atoms with E-state index in [1.807, 2.05) is 146 Å². The number of aliphatic hydroxyl groups is 1. The molecule has 4 aromatic rings. The van der Waals surface area contributed by atoms with Gasteiger partial charge < -0.3 is 35.6 Å². The number of carbonyl (C=O) groups is 4. The van der Waals surface area contributed by atoms with Gasteiger partial charge in [-0.25, -0.2) is 9.59 Å². The van der Waals surface area contributed by atoms with Gasteiger partial charge in [0.1, 0.15) is 12.1 Å². The zero-order valence-corrected chi connectivity index (χ0v) is 36.3. The van der Waals surface area contributed by atoms with E-state index in [1.165, 1.54) is 7.11 Å². The van der Waals surface area contributed by atoms with Gasteiger partial charge in [0, 0.05) is 37.4 Å². The predicted octanol–water partition coefficient (Wildman–Crippen LogP) is 6.69. The molecule has 5 rings (SSSR count). The van der Waals surface area contributed by atoms with Crippen molar-refractivity contribution in [3.63, 3.8) is 0 Å². The van der Waals surface area contributed by atoms with Crippen LogP contribution in [-0.4, -0.2) is 94.3 Å². The molecule has 1 fully saturated rings. The second-order valence-electron chi connectivity index (χ2n) is 18.0. The van der Waals surface area contributed by atoms with Crippen molar-refractivity contribution in [1.29, 1.82) is 0 Å². The summed E-state index contributed by atoms with van der Waals surface area (Å²) in [7, 11) is 1.24. The van der Waals surface area contributed by atoms with Crippen LogP contribution in [0.2, 0.25) is 0 Å². The maximum Gasteiger partial charge on any atom is 0.407 e. The molecule has 2 unspecified atom stereocenters. The highest BCUT2D eigenvalue weighted by molar-refractivity contribution is 5.89. The molecule has 3 aromatic carbocycles. The largest absolute Gasteiger partial charge is 0.453 e. The molecular formula is C48H62N6O6. The lowest BCUT2D eigenvalue weighted by Gasteiger charge is -2.38. The Morgan fingerprint density at radius 1 is 0.767 bits per heavy atom. The molecule has 4 N–H and O–H groups in total. The number of methoxy groups -OCH3 is 1. The molecule has 1 aliphatic heterocycles. The minimum absolute atomic E-state index is 0.0631. The van der Waals surface area contributed by atoms with E-state index in [4.69, 9.17) is 4.74 Å². The number of nitrogens with one attached hydrogen (secondary N) is 3. The summed E-state index contributed by atoms with van der Waals surface area (Å²) >= 11 is 0. The number of ether oxygens (including phenoxy) is 1. The standard InChI is InChI=1S/C48H62N6O6/c1-32-16-12-13-19-36(32)31-53-26-27-54(46(53)59)42(48(5,6)7)44(57)51-39(29-33-17-10-9-11-18-33)40(55)30-37(50-43(56)41(47(2,3)4)52-45(58)60-8)28-34-21-23-35(24-22-34)38-20-14-15-25-49-38/h9-25,37,39-42,55H,26-31H2,1-8H3,(H,50,56)(H,51,57)(H,52,58)/t37-,39-,40-,41?,42?/m0/s1. The summed E-state index contributed by atoms with van der Waals surface area (Å²) in [5, 5.41) is 21.2. The van der Waals surface area contributed by atoms with Crippen LogP contribution in [-0.2, 0) is 33.7 Å². The number of hydrogen-bond donors (Lipinski definition) is 4. The summed E-state index contributed by atoms with van der Waals surface area (Å²) in [4.78, 5) is 62.9. The Kier molecular flexibility index (Phi) is 15.1. The van der Waals surface area contributed by atoms with Crippen molar-refractivity contribution in [1.82, 2.24) is 30.7 Å². The van der Waals surface area contributed by atoms with Crippen molar-refractivity contribution >= 4 is 23.9 Å². The number of aliphatic hydroxyl groups excluding tert-OH is 1. The number of amides is 5. The van der Waals surface area contributed by atoms with Gasteiger partial charge in [-0.05, 0) is 71.4 Å². The first kappa shape index (κ1) is 45.3. The first-order valence-electron chi connectivity index (χ1n) is 20.7. The normalized spacial score (nSPS) is 15.7. The van der Waals surface area contributed by atoms with Crippen LogP contribution in [0.25, 0.3) is 11.3 Å². The van der Waals surface area contributed by atoms with E-state index in [-0.39, 0.29) is 18.4 Å². The molecule has 0 aliphatic carbocycles. The van der Waals surface area contributed by atoms with Crippen molar-refractivity contribution in [2.45, 2.75) is 105 Å². The highest BCUT2D eigenvalue weighted by Crippen LogP contribution is 2.30. The number of aryl methyl sites for hydroxylation is 1. The van der Waals surface area contributed by atoms with Crippen LogP contribution in [0.5, 0.6) is 0 Å². The number of urea groups is 1. The Bertz CT molecular complexity index is 2050. The summed E-state index contributed by atoms with van der Waals surface area (Å²) in [5.74, 6) is -0.802. The molecular weight excluding hydrogens is 757 g/mol. The average Bonchev–Trinajstić information content (AvgIpc) is 3.55. The Labute approximate surface area is 355 Å². The number of aromatic nitrogens is 1. The van der Waals surface area contributed by atoms with Gasteiger partial charge in [0.05, 0.1) is 24.9 Å². The molecule has 5 atom stereocenters. The Balaban J connectivity index is 1.42. The maximum atomic E-state index is 14.6. The molecule has 1 saturated heterocycles. The van der Waals surface area contributed by atoms with E-state index in [0.29, 0.717) is 32.5 Å². The molecule has 12 nitrogen and oxygen atoms in total. The van der Waals surface area contributed by atoms with E-state index in [0.717, 1.165) is 33.5 Å². The summed E-state index contributed by atoms with van der Waals surface area (Å²) in [6.45, 7) is 14.7. The first-order chi connectivity index (χ1) is 28.4.